The van der Waals surface area contributed by atoms with E-state index >= 15 is 0 Å². The van der Waals surface area contributed by atoms with Gasteiger partial charge in [0.25, 0.3) is 0 Å². The molecule has 0 saturated carbocycles. The van der Waals surface area contributed by atoms with E-state index in [4.69, 9.17) is 0 Å². The summed E-state index contributed by atoms with van der Waals surface area (Å²) in [6.45, 7) is 7.26. The van der Waals surface area contributed by atoms with Crippen molar-refractivity contribution in [2.24, 2.45) is 0 Å². The maximum atomic E-state index is 3.57. The first kappa shape index (κ1) is 12.5. The minimum absolute atomic E-state index is 0.631. The second-order valence-corrected chi connectivity index (χ2v) is 6.66. The van der Waals surface area contributed by atoms with Crippen LogP contribution < -0.4 is 10.2 Å². The Morgan fingerprint density at radius 2 is 2.15 bits per heavy atom. The summed E-state index contributed by atoms with van der Waals surface area (Å²) in [6.07, 6.45) is 5.27. The van der Waals surface area contributed by atoms with Crippen LogP contribution in [0.2, 0.25) is 0 Å². The number of nitrogens with one attached hydrogen (secondary N) is 1. The van der Waals surface area contributed by atoms with Crippen LogP contribution >= 0.6 is 0 Å². The van der Waals surface area contributed by atoms with Gasteiger partial charge in [0.05, 0.1) is 0 Å². The first-order valence-corrected chi connectivity index (χ1v) is 8.19. The molecule has 3 aliphatic heterocycles. The van der Waals surface area contributed by atoms with Gasteiger partial charge in [-0.2, -0.15) is 0 Å². The predicted octanol–water partition coefficient (Wildman–Crippen LogP) is 2.72. The first-order valence-electron chi connectivity index (χ1n) is 8.19. The van der Waals surface area contributed by atoms with Crippen molar-refractivity contribution in [3.05, 3.63) is 23.8 Å². The molecular formula is C17H25N3. The van der Waals surface area contributed by atoms with E-state index in [0.29, 0.717) is 6.04 Å². The standard InChI is InChI=1S/C17H25N3/c1-13-11-19-9-3-5-16(19)12-20(13)15-7-6-14-4-2-8-18-17(14)10-15/h6-7,10,13,16,18H,2-5,8-9,11-12H2,1H3. The van der Waals surface area contributed by atoms with Gasteiger partial charge in [0, 0.05) is 43.1 Å². The number of aryl methyl sites for hydroxylation is 1. The number of anilines is 2. The second kappa shape index (κ2) is 4.96. The number of fused-ring (bicyclic) bond motifs is 2. The number of rotatable bonds is 1. The monoisotopic (exact) mass is 271 g/mol. The van der Waals surface area contributed by atoms with Crippen LogP contribution in [0.4, 0.5) is 11.4 Å². The normalized spacial score (nSPS) is 29.8. The molecule has 20 heavy (non-hydrogen) atoms. The van der Waals surface area contributed by atoms with Crippen molar-refractivity contribution in [2.75, 3.05) is 36.4 Å². The van der Waals surface area contributed by atoms with E-state index in [1.807, 2.05) is 0 Å². The van der Waals surface area contributed by atoms with Gasteiger partial charge in [0.2, 0.25) is 0 Å². The Morgan fingerprint density at radius 1 is 1.20 bits per heavy atom. The quantitative estimate of drug-likeness (QED) is 0.847. The van der Waals surface area contributed by atoms with Crippen LogP contribution in [0.25, 0.3) is 0 Å². The fourth-order valence-electron chi connectivity index (χ4n) is 4.17. The van der Waals surface area contributed by atoms with E-state index in [9.17, 15) is 0 Å². The fraction of sp³-hybridized carbons (Fsp3) is 0.647. The summed E-state index contributed by atoms with van der Waals surface area (Å²) in [5, 5.41) is 3.57. The predicted molar refractivity (Wildman–Crippen MR) is 84.7 cm³/mol. The van der Waals surface area contributed by atoms with Crippen LogP contribution in [0.1, 0.15) is 31.7 Å². The van der Waals surface area contributed by atoms with Crippen LogP contribution in [0.5, 0.6) is 0 Å². The molecule has 0 bridgehead atoms. The summed E-state index contributed by atoms with van der Waals surface area (Å²) >= 11 is 0. The highest BCUT2D eigenvalue weighted by molar-refractivity contribution is 5.64. The van der Waals surface area contributed by atoms with Crippen LogP contribution in [0.3, 0.4) is 0 Å². The molecule has 0 radical (unpaired) electrons. The molecule has 3 heterocycles. The summed E-state index contributed by atoms with van der Waals surface area (Å²) < 4.78 is 0. The molecule has 1 aromatic carbocycles. The SMILES string of the molecule is CC1CN2CCCC2CN1c1ccc2c(c1)NCCC2. The van der Waals surface area contributed by atoms with Crippen LogP contribution in [0.15, 0.2) is 18.2 Å². The Bertz CT molecular complexity index is 499. The molecule has 2 saturated heterocycles. The van der Waals surface area contributed by atoms with E-state index in [1.165, 1.54) is 62.3 Å². The third-order valence-electron chi connectivity index (χ3n) is 5.30. The zero-order chi connectivity index (χ0) is 13.5. The lowest BCUT2D eigenvalue weighted by atomic mass is 10.0. The molecule has 3 nitrogen and oxygen atoms in total. The molecule has 3 heteroatoms. The zero-order valence-electron chi connectivity index (χ0n) is 12.4. The average molecular weight is 271 g/mol. The maximum absolute atomic E-state index is 3.57. The van der Waals surface area contributed by atoms with Gasteiger partial charge >= 0.3 is 0 Å². The summed E-state index contributed by atoms with van der Waals surface area (Å²) in [5.74, 6) is 0. The molecule has 108 valence electrons. The Hall–Kier alpha value is -1.22. The van der Waals surface area contributed by atoms with Crippen molar-refractivity contribution in [3.8, 4) is 0 Å². The largest absolute Gasteiger partial charge is 0.385 e. The molecule has 1 aromatic rings. The Morgan fingerprint density at radius 3 is 3.10 bits per heavy atom. The highest BCUT2D eigenvalue weighted by Gasteiger charge is 2.34. The highest BCUT2D eigenvalue weighted by Crippen LogP contribution is 2.32. The molecule has 2 fully saturated rings. The van der Waals surface area contributed by atoms with Crippen molar-refractivity contribution in [2.45, 2.75) is 44.7 Å². The Balaban J connectivity index is 1.60. The topological polar surface area (TPSA) is 18.5 Å². The van der Waals surface area contributed by atoms with Crippen molar-refractivity contribution >= 4 is 11.4 Å². The molecule has 0 amide bonds. The van der Waals surface area contributed by atoms with Crippen LogP contribution in [-0.4, -0.2) is 43.2 Å². The van der Waals surface area contributed by atoms with Crippen molar-refractivity contribution in [1.29, 1.82) is 0 Å². The average Bonchev–Trinajstić information content (AvgIpc) is 2.93. The number of hydrogen-bond acceptors (Lipinski definition) is 3. The van der Waals surface area contributed by atoms with Gasteiger partial charge in [-0.25, -0.2) is 0 Å². The smallest absolute Gasteiger partial charge is 0.0393 e. The number of benzene rings is 1. The van der Waals surface area contributed by atoms with Crippen molar-refractivity contribution in [1.82, 2.24) is 4.90 Å². The molecule has 1 N–H and O–H groups in total. The second-order valence-electron chi connectivity index (χ2n) is 6.66. The molecule has 0 spiro atoms. The lowest BCUT2D eigenvalue weighted by molar-refractivity contribution is 0.203. The first-order chi connectivity index (χ1) is 9.81. The number of nitrogens with zero attached hydrogens (tertiary/aromatic N) is 2. The summed E-state index contributed by atoms with van der Waals surface area (Å²) in [4.78, 5) is 5.32. The van der Waals surface area contributed by atoms with E-state index in [1.54, 1.807) is 0 Å². The van der Waals surface area contributed by atoms with E-state index in [2.05, 4.69) is 40.2 Å². The number of piperazine rings is 1. The zero-order valence-corrected chi connectivity index (χ0v) is 12.4. The van der Waals surface area contributed by atoms with E-state index < -0.39 is 0 Å². The van der Waals surface area contributed by atoms with Crippen molar-refractivity contribution < 1.29 is 0 Å². The van der Waals surface area contributed by atoms with Crippen LogP contribution in [0, 0.1) is 0 Å². The molecule has 0 aromatic heterocycles. The minimum atomic E-state index is 0.631. The van der Waals surface area contributed by atoms with Crippen LogP contribution in [-0.2, 0) is 6.42 Å². The summed E-state index contributed by atoms with van der Waals surface area (Å²) in [7, 11) is 0. The van der Waals surface area contributed by atoms with Gasteiger partial charge in [-0.15, -0.1) is 0 Å². The van der Waals surface area contributed by atoms with E-state index in [-0.39, 0.29) is 0 Å². The Kier molecular flexibility index (Phi) is 3.10. The highest BCUT2D eigenvalue weighted by atomic mass is 15.3. The third kappa shape index (κ3) is 2.08. The van der Waals surface area contributed by atoms with Gasteiger partial charge < -0.3 is 10.2 Å². The molecule has 2 atom stereocenters. The van der Waals surface area contributed by atoms with Gasteiger partial charge in [-0.3, -0.25) is 4.90 Å². The van der Waals surface area contributed by atoms with Gasteiger partial charge in [0.1, 0.15) is 0 Å². The van der Waals surface area contributed by atoms with Gasteiger partial charge in [-0.1, -0.05) is 6.07 Å². The molecular weight excluding hydrogens is 246 g/mol. The molecule has 3 aliphatic rings. The number of hydrogen-bond donors (Lipinski definition) is 1. The molecule has 0 aliphatic carbocycles. The minimum Gasteiger partial charge on any atom is -0.385 e. The van der Waals surface area contributed by atoms with Gasteiger partial charge in [-0.05, 0) is 56.8 Å². The summed E-state index contributed by atoms with van der Waals surface area (Å²) in [6, 6.07) is 8.48. The molecule has 4 rings (SSSR count). The lowest BCUT2D eigenvalue weighted by Crippen LogP contribution is -2.55. The van der Waals surface area contributed by atoms with Crippen molar-refractivity contribution in [3.63, 3.8) is 0 Å². The fourth-order valence-corrected chi connectivity index (χ4v) is 4.17. The molecule has 2 unspecified atom stereocenters. The summed E-state index contributed by atoms with van der Waals surface area (Å²) in [5.41, 5.74) is 4.28. The Labute approximate surface area is 121 Å². The maximum Gasteiger partial charge on any atom is 0.0393 e. The third-order valence-corrected chi connectivity index (χ3v) is 5.30. The van der Waals surface area contributed by atoms with Gasteiger partial charge in [0.15, 0.2) is 0 Å². The van der Waals surface area contributed by atoms with E-state index in [0.717, 1.165) is 12.6 Å². The lowest BCUT2D eigenvalue weighted by Gasteiger charge is -2.44.